The Kier molecular flexibility index (Phi) is 7.10. The second-order valence-electron chi connectivity index (χ2n) is 5.24. The Bertz CT molecular complexity index is 376. The van der Waals surface area contributed by atoms with Crippen LogP contribution in [0.2, 0.25) is 0 Å². The van der Waals surface area contributed by atoms with Gasteiger partial charge in [0.1, 0.15) is 0 Å². The smallest absolute Gasteiger partial charge is 0.319 e. The minimum Gasteiger partial charge on any atom is -0.337 e. The molecule has 0 bridgehead atoms. The Hall–Kier alpha value is -1.51. The molecule has 0 fully saturated rings. The summed E-state index contributed by atoms with van der Waals surface area (Å²) >= 11 is 0. The van der Waals surface area contributed by atoms with Crippen LogP contribution in [-0.4, -0.2) is 12.6 Å². The van der Waals surface area contributed by atoms with E-state index in [1.165, 1.54) is 0 Å². The van der Waals surface area contributed by atoms with Crippen molar-refractivity contribution in [2.75, 3.05) is 11.9 Å². The van der Waals surface area contributed by atoms with E-state index in [1.807, 2.05) is 45.0 Å². The van der Waals surface area contributed by atoms with E-state index in [2.05, 4.69) is 31.4 Å². The third kappa shape index (κ3) is 7.71. The number of rotatable bonds is 2. The van der Waals surface area contributed by atoms with Gasteiger partial charge in [0.05, 0.1) is 0 Å². The zero-order valence-corrected chi connectivity index (χ0v) is 12.4. The van der Waals surface area contributed by atoms with Crippen molar-refractivity contribution >= 4 is 11.7 Å². The standard InChI is InChI=1S/C13H20N2O.C2H6.2H2/c1-10-6-5-7-11(8-10)15-12(16)14-9-13(2,3)4;1-2;;/h5-8H,9H2,1-4H3,(H2,14,15,16);1-2H3;2*1H. The highest BCUT2D eigenvalue weighted by molar-refractivity contribution is 5.89. The SMILES string of the molecule is CC.Cc1cccc(NC(=O)NCC(C)(C)C)c1.[HH].[HH]. The molecule has 106 valence electrons. The van der Waals surface area contributed by atoms with Gasteiger partial charge in [-0.3, -0.25) is 0 Å². The number of urea groups is 1. The van der Waals surface area contributed by atoms with Gasteiger partial charge in [-0.2, -0.15) is 0 Å². The number of amides is 2. The van der Waals surface area contributed by atoms with E-state index in [-0.39, 0.29) is 14.3 Å². The second-order valence-corrected chi connectivity index (χ2v) is 5.24. The molecule has 0 aromatic heterocycles. The molecule has 2 amide bonds. The van der Waals surface area contributed by atoms with Gasteiger partial charge in [-0.25, -0.2) is 4.79 Å². The molecule has 1 rings (SSSR count). The molecule has 0 saturated carbocycles. The van der Waals surface area contributed by atoms with Gasteiger partial charge in [-0.15, -0.1) is 0 Å². The number of benzene rings is 1. The second kappa shape index (κ2) is 7.75. The highest BCUT2D eigenvalue weighted by atomic mass is 16.2. The summed E-state index contributed by atoms with van der Waals surface area (Å²) in [6.07, 6.45) is 0. The highest BCUT2D eigenvalue weighted by Gasteiger charge is 2.11. The number of nitrogens with one attached hydrogen (secondary N) is 2. The topological polar surface area (TPSA) is 41.1 Å². The molecule has 1 aromatic carbocycles. The monoisotopic (exact) mass is 254 g/mol. The summed E-state index contributed by atoms with van der Waals surface area (Å²) in [6.45, 7) is 12.9. The van der Waals surface area contributed by atoms with Gasteiger partial charge in [-0.1, -0.05) is 46.8 Å². The van der Waals surface area contributed by atoms with Gasteiger partial charge >= 0.3 is 6.03 Å². The summed E-state index contributed by atoms with van der Waals surface area (Å²) in [6, 6.07) is 7.59. The Morgan fingerprint density at radius 2 is 1.89 bits per heavy atom. The average molecular weight is 254 g/mol. The van der Waals surface area contributed by atoms with Crippen molar-refractivity contribution in [2.45, 2.75) is 41.5 Å². The number of hydrogen-bond donors (Lipinski definition) is 2. The largest absolute Gasteiger partial charge is 0.337 e. The molecule has 0 atom stereocenters. The van der Waals surface area contributed by atoms with Crippen LogP contribution in [-0.2, 0) is 0 Å². The maximum Gasteiger partial charge on any atom is 0.319 e. The predicted octanol–water partition coefficient (Wildman–Crippen LogP) is 4.68. The van der Waals surface area contributed by atoms with Gasteiger partial charge in [0, 0.05) is 15.1 Å². The lowest BCUT2D eigenvalue weighted by atomic mass is 9.97. The van der Waals surface area contributed by atoms with E-state index < -0.39 is 0 Å². The van der Waals surface area contributed by atoms with Crippen molar-refractivity contribution in [3.05, 3.63) is 29.8 Å². The normalized spacial score (nSPS) is 10.1. The number of carbonyl (C=O) groups excluding carboxylic acids is 1. The molecule has 0 radical (unpaired) electrons. The molecule has 0 saturated heterocycles. The molecular formula is C15H30N2O. The predicted molar refractivity (Wildman–Crippen MR) is 83.2 cm³/mol. The first-order chi connectivity index (χ1) is 8.37. The van der Waals surface area contributed by atoms with Crippen molar-refractivity contribution in [3.63, 3.8) is 0 Å². The summed E-state index contributed by atoms with van der Waals surface area (Å²) < 4.78 is 0. The van der Waals surface area contributed by atoms with Crippen LogP contribution in [0.5, 0.6) is 0 Å². The Morgan fingerprint density at radius 1 is 1.28 bits per heavy atom. The quantitative estimate of drug-likeness (QED) is 0.790. The van der Waals surface area contributed by atoms with Crippen LogP contribution in [0.25, 0.3) is 0 Å². The molecule has 0 heterocycles. The molecule has 1 aromatic rings. The first-order valence-electron chi connectivity index (χ1n) is 6.48. The van der Waals surface area contributed by atoms with Gasteiger partial charge in [-0.05, 0) is 30.0 Å². The molecule has 0 unspecified atom stereocenters. The molecule has 2 N–H and O–H groups in total. The van der Waals surface area contributed by atoms with E-state index in [4.69, 9.17) is 0 Å². The fraction of sp³-hybridized carbons (Fsp3) is 0.533. The number of aryl methyl sites for hydroxylation is 1. The summed E-state index contributed by atoms with van der Waals surface area (Å²) in [4.78, 5) is 11.5. The van der Waals surface area contributed by atoms with Crippen molar-refractivity contribution in [2.24, 2.45) is 5.41 Å². The van der Waals surface area contributed by atoms with E-state index in [1.54, 1.807) is 0 Å². The first kappa shape index (κ1) is 16.5. The van der Waals surface area contributed by atoms with Crippen molar-refractivity contribution in [3.8, 4) is 0 Å². The molecule has 0 aliphatic heterocycles. The minimum absolute atomic E-state index is 0. The number of anilines is 1. The van der Waals surface area contributed by atoms with Crippen LogP contribution in [0.3, 0.4) is 0 Å². The summed E-state index contributed by atoms with van der Waals surface area (Å²) in [5.74, 6) is 0. The fourth-order valence-corrected chi connectivity index (χ4v) is 1.24. The Balaban J connectivity index is -0.000000689. The van der Waals surface area contributed by atoms with E-state index in [9.17, 15) is 4.79 Å². The van der Waals surface area contributed by atoms with Gasteiger partial charge in [0.2, 0.25) is 0 Å². The maximum atomic E-state index is 11.5. The maximum absolute atomic E-state index is 11.5. The van der Waals surface area contributed by atoms with Gasteiger partial charge in [0.15, 0.2) is 0 Å². The lowest BCUT2D eigenvalue weighted by Crippen LogP contribution is -2.35. The fourth-order valence-electron chi connectivity index (χ4n) is 1.24. The van der Waals surface area contributed by atoms with Gasteiger partial charge < -0.3 is 10.6 Å². The first-order valence-corrected chi connectivity index (χ1v) is 6.48. The minimum atomic E-state index is -0.152. The van der Waals surface area contributed by atoms with Crippen LogP contribution >= 0.6 is 0 Å². The average Bonchev–Trinajstić information content (AvgIpc) is 2.28. The van der Waals surface area contributed by atoms with E-state index >= 15 is 0 Å². The van der Waals surface area contributed by atoms with E-state index in [0.717, 1.165) is 11.3 Å². The van der Waals surface area contributed by atoms with Crippen LogP contribution in [0.4, 0.5) is 10.5 Å². The van der Waals surface area contributed by atoms with Gasteiger partial charge in [0.25, 0.3) is 0 Å². The highest BCUT2D eigenvalue weighted by Crippen LogP contribution is 2.11. The van der Waals surface area contributed by atoms with Crippen LogP contribution < -0.4 is 10.6 Å². The molecule has 18 heavy (non-hydrogen) atoms. The molecule has 3 heteroatoms. The third-order valence-electron chi connectivity index (χ3n) is 2.06. The zero-order valence-electron chi connectivity index (χ0n) is 12.4. The third-order valence-corrected chi connectivity index (χ3v) is 2.06. The summed E-state index contributed by atoms with van der Waals surface area (Å²) in [7, 11) is 0. The van der Waals surface area contributed by atoms with Crippen molar-refractivity contribution < 1.29 is 7.65 Å². The zero-order chi connectivity index (χ0) is 14.2. The molecular weight excluding hydrogens is 224 g/mol. The Morgan fingerprint density at radius 3 is 2.39 bits per heavy atom. The molecule has 3 nitrogen and oxygen atoms in total. The number of hydrogen-bond acceptors (Lipinski definition) is 1. The van der Waals surface area contributed by atoms with E-state index in [0.29, 0.717) is 6.54 Å². The lowest BCUT2D eigenvalue weighted by Gasteiger charge is -2.18. The van der Waals surface area contributed by atoms with Crippen LogP contribution in [0.15, 0.2) is 24.3 Å². The molecule has 0 aliphatic carbocycles. The van der Waals surface area contributed by atoms with Crippen LogP contribution in [0, 0.1) is 12.3 Å². The summed E-state index contributed by atoms with van der Waals surface area (Å²) in [5, 5.41) is 5.65. The number of carbonyl (C=O) groups is 1. The molecule has 0 aliphatic rings. The Labute approximate surface area is 114 Å². The summed E-state index contributed by atoms with van der Waals surface area (Å²) in [5.41, 5.74) is 2.06. The van der Waals surface area contributed by atoms with Crippen LogP contribution in [0.1, 0.15) is 43.0 Å². The lowest BCUT2D eigenvalue weighted by molar-refractivity contribution is 0.247. The van der Waals surface area contributed by atoms with Crippen molar-refractivity contribution in [1.29, 1.82) is 0 Å². The van der Waals surface area contributed by atoms with Crippen molar-refractivity contribution in [1.82, 2.24) is 5.32 Å². The molecule has 0 spiro atoms.